The Hall–Kier alpha value is -4.10. The maximum atomic E-state index is 13.0. The predicted molar refractivity (Wildman–Crippen MR) is 136 cm³/mol. The second-order valence-corrected chi connectivity index (χ2v) is 8.63. The number of carbonyl (C=O) groups excluding carboxylic acids is 1. The van der Waals surface area contributed by atoms with Crippen molar-refractivity contribution in [3.63, 3.8) is 0 Å². The maximum absolute atomic E-state index is 13.0. The molecule has 0 saturated carbocycles. The molecule has 0 aliphatic rings. The van der Waals surface area contributed by atoms with Crippen molar-refractivity contribution < 1.29 is 18.0 Å². The lowest BCUT2D eigenvalue weighted by Gasteiger charge is -2.10. The van der Waals surface area contributed by atoms with E-state index in [0.717, 1.165) is 39.5 Å². The predicted octanol–water partition coefficient (Wildman–Crippen LogP) is 7.18. The van der Waals surface area contributed by atoms with Crippen molar-refractivity contribution >= 4 is 45.4 Å². The van der Waals surface area contributed by atoms with Crippen LogP contribution >= 0.6 is 11.6 Å². The van der Waals surface area contributed by atoms with Gasteiger partial charge in [0.25, 0.3) is 0 Å². The first kappa shape index (κ1) is 23.6. The lowest BCUT2D eigenvalue weighted by Crippen LogP contribution is -2.20. The van der Waals surface area contributed by atoms with Crippen molar-refractivity contribution in [3.05, 3.63) is 113 Å². The van der Waals surface area contributed by atoms with Gasteiger partial charge in [-0.1, -0.05) is 41.9 Å². The topological polar surface area (TPSA) is 46.9 Å². The fourth-order valence-electron chi connectivity index (χ4n) is 4.07. The van der Waals surface area contributed by atoms with E-state index in [1.165, 1.54) is 18.2 Å². The number of carbonyl (C=O) groups is 1. The highest BCUT2D eigenvalue weighted by Gasteiger charge is 2.30. The molecular weight excluding hydrogens is 487 g/mol. The summed E-state index contributed by atoms with van der Waals surface area (Å²) < 4.78 is 41.0. The number of aromatic nitrogens is 2. The number of amides is 1. The summed E-state index contributed by atoms with van der Waals surface area (Å²) in [6.07, 6.45) is 0.417. The molecule has 36 heavy (non-hydrogen) atoms. The van der Waals surface area contributed by atoms with Crippen LogP contribution in [-0.2, 0) is 17.5 Å². The first-order valence-electron chi connectivity index (χ1n) is 11.1. The van der Waals surface area contributed by atoms with Gasteiger partial charge in [0.05, 0.1) is 35.0 Å². The van der Waals surface area contributed by atoms with Gasteiger partial charge in [0.2, 0.25) is 5.91 Å². The molecule has 1 N–H and O–H groups in total. The summed E-state index contributed by atoms with van der Waals surface area (Å²) in [6, 6.07) is 21.7. The Morgan fingerprint density at radius 2 is 1.67 bits per heavy atom. The zero-order valence-corrected chi connectivity index (χ0v) is 19.5. The van der Waals surface area contributed by atoms with E-state index in [9.17, 15) is 18.0 Å². The molecule has 3 aromatic carbocycles. The molecule has 180 valence electrons. The third-order valence-corrected chi connectivity index (χ3v) is 6.06. The number of nitrogens with zero attached hydrogens (tertiary/aromatic N) is 2. The summed E-state index contributed by atoms with van der Waals surface area (Å²) in [6.45, 7) is 0.222. The van der Waals surface area contributed by atoms with Crippen LogP contribution in [0.25, 0.3) is 33.6 Å². The number of halogens is 4. The number of fused-ring (bicyclic) bond motifs is 3. The summed E-state index contributed by atoms with van der Waals surface area (Å²) >= 11 is 5.88. The molecular formula is C28H19ClF3N3O. The zero-order valence-electron chi connectivity index (χ0n) is 18.8. The number of nitrogens with one attached hydrogen (secondary N) is 1. The Kier molecular flexibility index (Phi) is 6.24. The van der Waals surface area contributed by atoms with Gasteiger partial charge in [-0.15, -0.1) is 0 Å². The van der Waals surface area contributed by atoms with Crippen LogP contribution in [0, 0.1) is 0 Å². The molecule has 2 aromatic heterocycles. The molecule has 1 amide bonds. The van der Waals surface area contributed by atoms with Gasteiger partial charge in [-0.2, -0.15) is 13.2 Å². The standard InChI is InChI=1S/C28H19ClF3N3O/c29-20-10-5-18(6-11-20)7-14-27(36)34-16-21-15-24-23-3-1-2-4-25(23)35(26(24)17-33-21)22-12-8-19(9-13-22)28(30,31)32/h1-15,17H,16H2,(H,34,36)/b14-7+. The van der Waals surface area contributed by atoms with E-state index in [0.29, 0.717) is 16.4 Å². The molecule has 0 aliphatic carbocycles. The summed E-state index contributed by atoms with van der Waals surface area (Å²) in [5, 5.41) is 5.27. The smallest absolute Gasteiger partial charge is 0.347 e. The van der Waals surface area contributed by atoms with Crippen molar-refractivity contribution in [2.45, 2.75) is 12.7 Å². The molecule has 0 radical (unpaired) electrons. The van der Waals surface area contributed by atoms with E-state index in [2.05, 4.69) is 10.3 Å². The van der Waals surface area contributed by atoms with E-state index in [1.807, 2.05) is 47.0 Å². The van der Waals surface area contributed by atoms with Crippen LogP contribution in [0.15, 0.2) is 91.1 Å². The maximum Gasteiger partial charge on any atom is 0.416 e. The van der Waals surface area contributed by atoms with Gasteiger partial charge in [-0.25, -0.2) is 0 Å². The molecule has 0 unspecified atom stereocenters. The molecule has 0 fully saturated rings. The van der Waals surface area contributed by atoms with Crippen LogP contribution in [-0.4, -0.2) is 15.5 Å². The van der Waals surface area contributed by atoms with Gasteiger partial charge in [0.15, 0.2) is 0 Å². The quantitative estimate of drug-likeness (QED) is 0.257. The van der Waals surface area contributed by atoms with Gasteiger partial charge in [-0.3, -0.25) is 9.78 Å². The van der Waals surface area contributed by atoms with Crippen molar-refractivity contribution in [2.75, 3.05) is 0 Å². The van der Waals surface area contributed by atoms with E-state index >= 15 is 0 Å². The number of pyridine rings is 1. The molecule has 2 heterocycles. The SMILES string of the molecule is O=C(/C=C/c1ccc(Cl)cc1)NCc1cc2c3ccccc3n(-c3ccc(C(F)(F)F)cc3)c2cn1. The summed E-state index contributed by atoms with van der Waals surface area (Å²) in [4.78, 5) is 16.8. The van der Waals surface area contributed by atoms with E-state index in [-0.39, 0.29) is 12.5 Å². The molecule has 5 aromatic rings. The van der Waals surface area contributed by atoms with Gasteiger partial charge >= 0.3 is 6.18 Å². The minimum absolute atomic E-state index is 0.222. The molecule has 8 heteroatoms. The fourth-order valence-corrected chi connectivity index (χ4v) is 4.19. The number of hydrogen-bond acceptors (Lipinski definition) is 2. The molecule has 0 saturated heterocycles. The average molecular weight is 506 g/mol. The highest BCUT2D eigenvalue weighted by molar-refractivity contribution is 6.30. The van der Waals surface area contributed by atoms with Gasteiger partial charge in [0.1, 0.15) is 0 Å². The minimum atomic E-state index is -4.40. The third-order valence-electron chi connectivity index (χ3n) is 5.81. The van der Waals surface area contributed by atoms with Crippen molar-refractivity contribution in [1.82, 2.24) is 14.9 Å². The van der Waals surface area contributed by atoms with Crippen molar-refractivity contribution in [3.8, 4) is 5.69 Å². The van der Waals surface area contributed by atoms with Crippen LogP contribution in [0.4, 0.5) is 13.2 Å². The summed E-state index contributed by atoms with van der Waals surface area (Å²) in [5.74, 6) is -0.265. The fraction of sp³-hybridized carbons (Fsp3) is 0.0714. The van der Waals surface area contributed by atoms with Crippen LogP contribution in [0.2, 0.25) is 5.02 Å². The molecule has 0 atom stereocenters. The highest BCUT2D eigenvalue weighted by atomic mass is 35.5. The van der Waals surface area contributed by atoms with Crippen LogP contribution in [0.5, 0.6) is 0 Å². The van der Waals surface area contributed by atoms with Gasteiger partial charge < -0.3 is 9.88 Å². The number of benzene rings is 3. The number of alkyl halides is 3. The van der Waals surface area contributed by atoms with E-state index in [1.54, 1.807) is 24.4 Å². The van der Waals surface area contributed by atoms with Crippen LogP contribution in [0.3, 0.4) is 0 Å². The number of hydrogen-bond donors (Lipinski definition) is 1. The zero-order chi connectivity index (χ0) is 25.3. The third kappa shape index (κ3) is 4.83. The minimum Gasteiger partial charge on any atom is -0.347 e. The second-order valence-electron chi connectivity index (χ2n) is 8.19. The summed E-state index contributed by atoms with van der Waals surface area (Å²) in [7, 11) is 0. The normalized spacial score (nSPS) is 12.0. The van der Waals surface area contributed by atoms with Crippen LogP contribution < -0.4 is 5.32 Å². The Morgan fingerprint density at radius 3 is 2.39 bits per heavy atom. The van der Waals surface area contributed by atoms with Crippen molar-refractivity contribution in [1.29, 1.82) is 0 Å². The molecule has 0 bridgehead atoms. The lowest BCUT2D eigenvalue weighted by molar-refractivity contribution is -0.137. The second kappa shape index (κ2) is 9.51. The Bertz CT molecular complexity index is 1590. The number of para-hydroxylation sites is 1. The average Bonchev–Trinajstić information content (AvgIpc) is 3.20. The molecule has 0 aliphatic heterocycles. The van der Waals surface area contributed by atoms with Gasteiger partial charge in [-0.05, 0) is 60.2 Å². The summed E-state index contributed by atoms with van der Waals surface area (Å²) in [5.41, 5.74) is 3.02. The Morgan fingerprint density at radius 1 is 0.944 bits per heavy atom. The lowest BCUT2D eigenvalue weighted by atomic mass is 10.1. The molecule has 5 rings (SSSR count). The number of rotatable bonds is 5. The highest BCUT2D eigenvalue weighted by Crippen LogP contribution is 2.34. The van der Waals surface area contributed by atoms with E-state index < -0.39 is 11.7 Å². The van der Waals surface area contributed by atoms with E-state index in [4.69, 9.17) is 11.6 Å². The molecule has 0 spiro atoms. The Labute approximate surface area is 209 Å². The van der Waals surface area contributed by atoms with Crippen LogP contribution in [0.1, 0.15) is 16.8 Å². The van der Waals surface area contributed by atoms with Gasteiger partial charge in [0, 0.05) is 27.6 Å². The monoisotopic (exact) mass is 505 g/mol. The largest absolute Gasteiger partial charge is 0.416 e. The Balaban J connectivity index is 1.42. The molecule has 4 nitrogen and oxygen atoms in total. The van der Waals surface area contributed by atoms with Crippen molar-refractivity contribution in [2.24, 2.45) is 0 Å². The first-order valence-corrected chi connectivity index (χ1v) is 11.4. The first-order chi connectivity index (χ1) is 17.3.